The summed E-state index contributed by atoms with van der Waals surface area (Å²) in [5.74, 6) is 0.733. The first-order valence-corrected chi connectivity index (χ1v) is 59.5. The van der Waals surface area contributed by atoms with Gasteiger partial charge in [0.1, 0.15) is 69.2 Å². The molecule has 796 valence electrons. The van der Waals surface area contributed by atoms with Gasteiger partial charge in [0, 0.05) is 94.9 Å². The number of aromatic nitrogens is 18. The smallest absolute Gasteiger partial charge is 0.389 e. The molecular formula is C73H124Cl3N27O30S6Si2. The summed E-state index contributed by atoms with van der Waals surface area (Å²) in [4.78, 5) is 58.6. The van der Waals surface area contributed by atoms with Crippen LogP contribution in [0.25, 0.3) is 0 Å². The summed E-state index contributed by atoms with van der Waals surface area (Å²) in [5, 5.41) is 128. The molecule has 9 heterocycles. The maximum absolute atomic E-state index is 11.6. The topological polar surface area (TPSA) is 823 Å². The fourth-order valence-corrected chi connectivity index (χ4v) is 11.9. The third-order valence-electron chi connectivity index (χ3n) is 16.6. The van der Waals surface area contributed by atoms with Gasteiger partial charge in [0.25, 0.3) is 19.2 Å². The number of nitrogens with zero attached hydrogens (tertiary/aromatic N) is 22. The second-order valence-electron chi connectivity index (χ2n) is 30.9. The first-order valence-electron chi connectivity index (χ1n) is 40.1. The molecule has 0 aliphatic rings. The quantitative estimate of drug-likeness (QED) is 0.00426. The van der Waals surface area contributed by atoms with Crippen molar-refractivity contribution in [1.82, 2.24) is 89.1 Å². The van der Waals surface area contributed by atoms with Crippen LogP contribution in [-0.4, -0.2) is 299 Å². The van der Waals surface area contributed by atoms with Crippen LogP contribution < -0.4 is 17.2 Å². The Bertz CT molecular complexity index is 5970. The van der Waals surface area contributed by atoms with E-state index in [0.29, 0.717) is 57.6 Å². The molecule has 0 spiro atoms. The number of nitrogens with one attached hydrogen (secondary N) is 2. The van der Waals surface area contributed by atoms with Crippen LogP contribution in [-0.2, 0) is 99.9 Å². The van der Waals surface area contributed by atoms with Crippen LogP contribution in [0.15, 0.2) is 181 Å². The average Bonchev–Trinajstić information content (AvgIpc) is 1.68. The van der Waals surface area contributed by atoms with Gasteiger partial charge in [0.15, 0.2) is 28.1 Å². The Morgan fingerprint density at radius 3 is 0.965 bits per heavy atom. The molecule has 141 heavy (non-hydrogen) atoms. The molecular weight excluding hydrogens is 2090 g/mol. The lowest BCUT2D eigenvalue weighted by Crippen LogP contribution is -2.41. The fraction of sp³-hybridized carbons (Fsp3) is 0.466. The number of nitro groups is 6. The van der Waals surface area contributed by atoms with Crippen molar-refractivity contribution in [3.05, 3.63) is 243 Å². The molecule has 0 amide bonds. The van der Waals surface area contributed by atoms with Crippen LogP contribution in [0.4, 0.5) is 40.7 Å². The van der Waals surface area contributed by atoms with Crippen LogP contribution in [0.5, 0.6) is 0 Å². The van der Waals surface area contributed by atoms with Gasteiger partial charge in [-0.3, -0.25) is 18.2 Å². The standard InChI is InChI=1S/C11H23N3OSi.C10H14O5S2.C7H7ClO2S.C6H15ClSi.C6H9N3O4S.C6H11N3O2S.C5H7N3O3.C5H9N3O.4C3H3N3O2.C3H8O3S.C2H5ClO.2H2/c1-11(2,3)16(4,5)15-9-8-14-7-6-10(12)13-14;1-9-3-5-10(6-4-9)17(13,14)15-7-8-16(2,11)12;1-6-2-4-7(5-3-6)11(8,9)10;1-6(2,3)8(4,5)7;1-14(12,13)5-4-8-3-2-6(7-8)9(10)11;1-12(10,11)5-4-9-3-2-6(7)8-9;9-4-3-7-2-1-5(6-7)8(10)11;6-5-1-2-8(7-5)3-4-9;2*7-6(8)5-3-1-2-4-5;2*7-6(8)3-1-2-4-5-3;1-7(5,6)3-2-4;3-1-2-4;;/h6-7H,8-9H2,1-5H3,(H2,12,13);3-6H,7-8H2,1-2H3;2-5H,1H3;1-5H3;2-3H,4-5H2,1H3;2-3H,4-5H2,1H3,(H2,7,8);1-2,9H,3-4H2;1-2,9H,3-4H2,(H2,6,7);2*1-3H;2*1-2H,(H,4,5);4H,2-3H2,1H3;4H,1-2H2;2*1H. The SMILES string of the molecule is CC(C)(C)[Si](C)(C)Cl.CC(C)(C)[Si](C)(C)OCCn1ccc(N)n1.CS(=O)(=O)CCO.CS(=O)(=O)CCn1ccc(N)n1.CS(=O)(=O)CCn1ccc([N+](=O)[O-])n1.Cc1ccc(S(=O)(=O)Cl)cc1.Cc1ccc(S(=O)(=O)OCCS(C)(=O)=O)cc1.Nc1ccn(CCO)n1.O=[N+]([O-])c1ccn(CCO)n1.O=[N+]([O-])c1ccn[nH]1.O=[N+]([O-])c1ccn[nH]1.O=[N+]([O-])n1cccn1.O=[N+]([O-])n1cccn1.OCCCl.[HH].[HH]. The first kappa shape index (κ1) is 133. The normalized spacial score (nSPS) is 11.1. The average molecular weight is 2210 g/mol. The molecule has 0 atom stereocenters. The Labute approximate surface area is 832 Å². The Morgan fingerprint density at radius 1 is 0.426 bits per heavy atom. The van der Waals surface area contributed by atoms with E-state index in [1.54, 1.807) is 59.5 Å². The highest BCUT2D eigenvalue weighted by Crippen LogP contribution is 2.38. The van der Waals surface area contributed by atoms with E-state index in [9.17, 15) is 111 Å². The summed E-state index contributed by atoms with van der Waals surface area (Å²) in [6.45, 7) is 28.1. The molecule has 68 heteroatoms. The van der Waals surface area contributed by atoms with E-state index in [-0.39, 0.29) is 110 Å². The number of aliphatic hydroxyl groups excluding tert-OH is 4. The van der Waals surface area contributed by atoms with Crippen LogP contribution in [0, 0.1) is 74.5 Å². The largest absolute Gasteiger partial charge is 0.415 e. The first-order chi connectivity index (χ1) is 64.8. The van der Waals surface area contributed by atoms with Gasteiger partial charge in [0.05, 0.1) is 174 Å². The number of hydrogen-bond donors (Lipinski definition) is 9. The molecule has 0 unspecified atom stereocenters. The number of halogens is 3. The molecule has 0 aliphatic carbocycles. The summed E-state index contributed by atoms with van der Waals surface area (Å²) in [6, 6.07) is 25.7. The molecule has 0 saturated carbocycles. The maximum Gasteiger partial charge on any atom is 0.389 e. The summed E-state index contributed by atoms with van der Waals surface area (Å²) < 4.78 is 148. The lowest BCUT2D eigenvalue weighted by atomic mass is 10.2. The van der Waals surface area contributed by atoms with Crippen molar-refractivity contribution >= 4 is 148 Å². The van der Waals surface area contributed by atoms with Crippen LogP contribution in [0.3, 0.4) is 0 Å². The van der Waals surface area contributed by atoms with Crippen molar-refractivity contribution in [3.63, 3.8) is 0 Å². The van der Waals surface area contributed by atoms with Gasteiger partial charge in [-0.25, -0.2) is 42.1 Å². The predicted octanol–water partition coefficient (Wildman–Crippen LogP) is 7.19. The van der Waals surface area contributed by atoms with Crippen molar-refractivity contribution in [1.29, 1.82) is 0 Å². The second kappa shape index (κ2) is 65.8. The number of nitrogen functional groups attached to an aromatic ring is 3. The molecule has 12 N–H and O–H groups in total. The molecule has 0 aliphatic heterocycles. The Hall–Kier alpha value is -12.1. The lowest BCUT2D eigenvalue weighted by molar-refractivity contribution is -0.552. The summed E-state index contributed by atoms with van der Waals surface area (Å²) in [6.07, 6.45) is 20.4. The number of anilines is 3. The summed E-state index contributed by atoms with van der Waals surface area (Å²) in [5.41, 5.74) is 18.1. The molecule has 0 bridgehead atoms. The highest BCUT2D eigenvalue weighted by atomic mass is 35.7. The van der Waals surface area contributed by atoms with Gasteiger partial charge in [-0.1, -0.05) is 100 Å². The third kappa shape index (κ3) is 67.8. The van der Waals surface area contributed by atoms with Gasteiger partial charge >= 0.3 is 23.3 Å². The number of rotatable bonds is 29. The monoisotopic (exact) mass is 2210 g/mol. The van der Waals surface area contributed by atoms with Gasteiger partial charge in [-0.2, -0.15) is 44.2 Å². The minimum absolute atomic E-state index is 0. The van der Waals surface area contributed by atoms with Crippen molar-refractivity contribution in [3.8, 4) is 0 Å². The molecule has 11 rings (SSSR count). The number of alkyl halides is 1. The van der Waals surface area contributed by atoms with Crippen LogP contribution >= 0.6 is 33.4 Å². The van der Waals surface area contributed by atoms with Gasteiger partial charge < -0.3 is 103 Å². The Kier molecular flexibility index (Phi) is 62.1. The molecule has 57 nitrogen and oxygen atoms in total. The van der Waals surface area contributed by atoms with Crippen molar-refractivity contribution in [2.75, 3.05) is 111 Å². The zero-order valence-electron chi connectivity index (χ0n) is 79.5. The van der Waals surface area contributed by atoms with E-state index in [4.69, 9.17) is 75.4 Å². The van der Waals surface area contributed by atoms with Gasteiger partial charge in [0.2, 0.25) is 0 Å². The van der Waals surface area contributed by atoms with E-state index in [1.165, 1.54) is 131 Å². The van der Waals surface area contributed by atoms with E-state index >= 15 is 0 Å². The molecule has 0 radical (unpaired) electrons. The fourth-order valence-electron chi connectivity index (χ4n) is 7.34. The number of benzene rings is 2. The molecule has 2 aromatic carbocycles. The Balaban J connectivity index is -0.000000483. The van der Waals surface area contributed by atoms with Crippen molar-refractivity contribution in [2.24, 2.45) is 0 Å². The zero-order valence-corrected chi connectivity index (χ0v) is 88.7. The number of aromatic amines is 2. The summed E-state index contributed by atoms with van der Waals surface area (Å²) >= 11 is 11.1. The second-order valence-corrected chi connectivity index (χ2v) is 56.6. The van der Waals surface area contributed by atoms with E-state index in [1.807, 2.05) is 24.7 Å². The number of aryl methyl sites for hydroxylation is 4. The highest BCUT2D eigenvalue weighted by molar-refractivity contribution is 8.13. The van der Waals surface area contributed by atoms with Crippen LogP contribution in [0.1, 0.15) is 55.5 Å². The van der Waals surface area contributed by atoms with E-state index in [0.717, 1.165) is 36.4 Å². The molecule has 0 fully saturated rings. The lowest BCUT2D eigenvalue weighted by Gasteiger charge is -2.36. The maximum atomic E-state index is 11.6. The number of H-pyrrole nitrogens is 2. The highest BCUT2D eigenvalue weighted by Gasteiger charge is 2.37. The minimum Gasteiger partial charge on any atom is -0.415 e. The summed E-state index contributed by atoms with van der Waals surface area (Å²) in [7, 11) is -17.5. The number of sulfone groups is 4. The van der Waals surface area contributed by atoms with Crippen LogP contribution in [0.2, 0.25) is 36.3 Å². The van der Waals surface area contributed by atoms with Gasteiger partial charge in [-0.05, 0) is 99.2 Å². The third-order valence-corrected chi connectivity index (χ3v) is 32.9. The zero-order chi connectivity index (χ0) is 109. The minimum atomic E-state index is -3.86. The molecule has 11 aromatic rings. The number of hydrogen-bond acceptors (Lipinski definition) is 42. The predicted molar refractivity (Wildman–Crippen MR) is 534 cm³/mol. The Morgan fingerprint density at radius 2 is 0.745 bits per heavy atom. The number of nitrogens with two attached hydrogens (primary N) is 3. The molecule has 0 saturated heterocycles. The van der Waals surface area contributed by atoms with E-state index < -0.39 is 104 Å². The van der Waals surface area contributed by atoms with Gasteiger partial charge in [-0.15, -0.1) is 21.8 Å². The molecule has 9 aromatic heterocycles. The van der Waals surface area contributed by atoms with Crippen molar-refractivity contribution in [2.45, 2.75) is 134 Å². The number of aliphatic hydroxyl groups is 4. The van der Waals surface area contributed by atoms with Crippen molar-refractivity contribution < 1.29 is 112 Å². The van der Waals surface area contributed by atoms with E-state index in [2.05, 4.69) is 128 Å².